The van der Waals surface area contributed by atoms with Crippen molar-refractivity contribution in [3.8, 4) is 0 Å². The molecule has 0 spiro atoms. The third-order valence-electron chi connectivity index (χ3n) is 2.78. The lowest BCUT2D eigenvalue weighted by Gasteiger charge is -2.12. The number of nitrogens with one attached hydrogen (secondary N) is 1. The van der Waals surface area contributed by atoms with Gasteiger partial charge in [0.25, 0.3) is 5.91 Å². The van der Waals surface area contributed by atoms with Crippen LogP contribution in [0.1, 0.15) is 12.8 Å². The van der Waals surface area contributed by atoms with Gasteiger partial charge in [-0.15, -0.1) is 0 Å². The van der Waals surface area contributed by atoms with Crippen LogP contribution in [0.25, 0.3) is 0 Å². The van der Waals surface area contributed by atoms with Gasteiger partial charge < -0.3 is 15.2 Å². The van der Waals surface area contributed by atoms with Gasteiger partial charge in [-0.3, -0.25) is 4.79 Å². The van der Waals surface area contributed by atoms with Gasteiger partial charge in [0.1, 0.15) is 11.9 Å². The van der Waals surface area contributed by atoms with E-state index in [4.69, 9.17) is 9.84 Å². The first kappa shape index (κ1) is 14.0. The molecule has 0 aromatic heterocycles. The first-order valence-corrected chi connectivity index (χ1v) is 6.41. The van der Waals surface area contributed by atoms with Gasteiger partial charge in [-0.1, -0.05) is 0 Å². The van der Waals surface area contributed by atoms with Gasteiger partial charge in [0, 0.05) is 4.47 Å². The molecule has 1 fully saturated rings. The Kier molecular flexibility index (Phi) is 4.16. The van der Waals surface area contributed by atoms with E-state index in [2.05, 4.69) is 21.2 Å². The molecule has 1 aliphatic heterocycles. The molecular weight excluding hydrogens is 321 g/mol. The Morgan fingerprint density at radius 2 is 2.05 bits per heavy atom. The molecule has 1 aromatic carbocycles. The average molecular weight is 332 g/mol. The Morgan fingerprint density at radius 1 is 1.37 bits per heavy atom. The molecule has 1 heterocycles. The highest BCUT2D eigenvalue weighted by atomic mass is 79.9. The quantitative estimate of drug-likeness (QED) is 0.889. The molecule has 19 heavy (non-hydrogen) atoms. The first-order chi connectivity index (χ1) is 8.97. The zero-order chi connectivity index (χ0) is 14.0. The van der Waals surface area contributed by atoms with Crippen molar-refractivity contribution in [2.75, 3.05) is 5.32 Å². The lowest BCUT2D eigenvalue weighted by Crippen LogP contribution is -2.30. The highest BCUT2D eigenvalue weighted by molar-refractivity contribution is 9.10. The van der Waals surface area contributed by atoms with Gasteiger partial charge in [0.2, 0.25) is 0 Å². The predicted molar refractivity (Wildman–Crippen MR) is 68.3 cm³/mol. The Labute approximate surface area is 116 Å². The number of carbonyl (C=O) groups excluding carboxylic acids is 1. The Balaban J connectivity index is 2.00. The van der Waals surface area contributed by atoms with Gasteiger partial charge in [-0.2, -0.15) is 0 Å². The second-order valence-corrected chi connectivity index (χ2v) is 5.00. The molecule has 2 unspecified atom stereocenters. The zero-order valence-corrected chi connectivity index (χ0v) is 11.3. The second kappa shape index (κ2) is 5.66. The highest BCUT2D eigenvalue weighted by Crippen LogP contribution is 2.25. The molecule has 1 amide bonds. The number of halogens is 2. The van der Waals surface area contributed by atoms with E-state index in [-0.39, 0.29) is 0 Å². The number of ether oxygens (including phenoxy) is 1. The van der Waals surface area contributed by atoms with E-state index in [0.717, 1.165) is 0 Å². The maximum absolute atomic E-state index is 12.9. The fraction of sp³-hybridized carbons (Fsp3) is 0.333. The van der Waals surface area contributed by atoms with Crippen molar-refractivity contribution in [1.29, 1.82) is 0 Å². The maximum Gasteiger partial charge on any atom is 0.332 e. The smallest absolute Gasteiger partial charge is 0.332 e. The van der Waals surface area contributed by atoms with Crippen molar-refractivity contribution in [1.82, 2.24) is 0 Å². The Morgan fingerprint density at radius 3 is 2.63 bits per heavy atom. The molecule has 0 radical (unpaired) electrons. The number of hydrogen-bond donors (Lipinski definition) is 2. The Bertz CT molecular complexity index is 522. The fourth-order valence-corrected chi connectivity index (χ4v) is 2.27. The molecule has 1 saturated heterocycles. The highest BCUT2D eigenvalue weighted by Gasteiger charge is 2.34. The summed E-state index contributed by atoms with van der Waals surface area (Å²) in [7, 11) is 0. The van der Waals surface area contributed by atoms with Crippen molar-refractivity contribution in [3.63, 3.8) is 0 Å². The molecule has 1 aromatic rings. The molecule has 0 bridgehead atoms. The minimum atomic E-state index is -1.07. The van der Waals surface area contributed by atoms with E-state index in [1.807, 2.05) is 0 Å². The minimum Gasteiger partial charge on any atom is -0.479 e. The van der Waals surface area contributed by atoms with Gasteiger partial charge in [-0.05, 0) is 47.0 Å². The molecule has 0 aliphatic carbocycles. The van der Waals surface area contributed by atoms with Crippen LogP contribution in [-0.2, 0) is 14.3 Å². The topological polar surface area (TPSA) is 75.6 Å². The molecule has 1 aliphatic rings. The van der Waals surface area contributed by atoms with Crippen LogP contribution in [0.15, 0.2) is 22.7 Å². The van der Waals surface area contributed by atoms with Gasteiger partial charge in [0.05, 0.1) is 5.69 Å². The summed E-state index contributed by atoms with van der Waals surface area (Å²) in [5, 5.41) is 11.3. The van der Waals surface area contributed by atoms with Crippen molar-refractivity contribution in [2.45, 2.75) is 25.0 Å². The third-order valence-corrected chi connectivity index (χ3v) is 3.43. The van der Waals surface area contributed by atoms with Gasteiger partial charge in [-0.25, -0.2) is 9.18 Å². The molecule has 0 saturated carbocycles. The minimum absolute atomic E-state index is 0.304. The summed E-state index contributed by atoms with van der Waals surface area (Å²) in [6, 6.07) is 3.86. The van der Waals surface area contributed by atoms with Gasteiger partial charge >= 0.3 is 5.97 Å². The molecule has 5 nitrogen and oxygen atoms in total. The molecule has 2 atom stereocenters. The number of aliphatic carboxylic acids is 1. The maximum atomic E-state index is 12.9. The van der Waals surface area contributed by atoms with Crippen LogP contribution in [0.2, 0.25) is 0 Å². The summed E-state index contributed by atoms with van der Waals surface area (Å²) in [6.45, 7) is 0. The number of rotatable bonds is 3. The van der Waals surface area contributed by atoms with Crippen LogP contribution < -0.4 is 5.32 Å². The van der Waals surface area contributed by atoms with Crippen molar-refractivity contribution in [2.24, 2.45) is 0 Å². The van der Waals surface area contributed by atoms with E-state index < -0.39 is 29.9 Å². The van der Waals surface area contributed by atoms with E-state index in [1.165, 1.54) is 18.2 Å². The number of anilines is 1. The number of hydrogen-bond acceptors (Lipinski definition) is 3. The second-order valence-electron chi connectivity index (χ2n) is 4.14. The van der Waals surface area contributed by atoms with E-state index in [1.54, 1.807) is 0 Å². The molecule has 2 rings (SSSR count). The number of benzene rings is 1. The number of carbonyl (C=O) groups is 2. The SMILES string of the molecule is O=C(O)C1CCC(C(=O)Nc2ccc(F)cc2Br)O1. The van der Waals surface area contributed by atoms with Crippen LogP contribution in [0.3, 0.4) is 0 Å². The summed E-state index contributed by atoms with van der Waals surface area (Å²) < 4.78 is 18.4. The van der Waals surface area contributed by atoms with E-state index in [0.29, 0.717) is 23.0 Å². The first-order valence-electron chi connectivity index (χ1n) is 5.61. The normalized spacial score (nSPS) is 22.2. The molecule has 2 N–H and O–H groups in total. The predicted octanol–water partition coefficient (Wildman–Crippen LogP) is 2.16. The van der Waals surface area contributed by atoms with Crippen LogP contribution in [0.4, 0.5) is 10.1 Å². The lowest BCUT2D eigenvalue weighted by molar-refractivity contribution is -0.150. The number of carboxylic acids is 1. The monoisotopic (exact) mass is 331 g/mol. The number of carboxylic acid groups (broad SMARTS) is 1. The molecule has 7 heteroatoms. The summed E-state index contributed by atoms with van der Waals surface area (Å²) in [5.41, 5.74) is 0.411. The van der Waals surface area contributed by atoms with Crippen LogP contribution in [0.5, 0.6) is 0 Å². The average Bonchev–Trinajstić information content (AvgIpc) is 2.82. The molecule has 102 valence electrons. The van der Waals surface area contributed by atoms with E-state index in [9.17, 15) is 14.0 Å². The number of amides is 1. The van der Waals surface area contributed by atoms with Crippen LogP contribution in [0, 0.1) is 5.82 Å². The standard InChI is InChI=1S/C12H11BrFNO4/c13-7-5-6(14)1-2-8(7)15-11(16)9-3-4-10(19-9)12(17)18/h1-2,5,9-10H,3-4H2,(H,15,16)(H,17,18). The Hall–Kier alpha value is -1.47. The van der Waals surface area contributed by atoms with Crippen LogP contribution in [-0.4, -0.2) is 29.2 Å². The third kappa shape index (κ3) is 3.30. The summed E-state index contributed by atoms with van der Waals surface area (Å²) in [4.78, 5) is 22.6. The zero-order valence-electron chi connectivity index (χ0n) is 9.73. The van der Waals surface area contributed by atoms with Crippen LogP contribution >= 0.6 is 15.9 Å². The summed E-state index contributed by atoms with van der Waals surface area (Å²) in [5.74, 6) is -1.93. The summed E-state index contributed by atoms with van der Waals surface area (Å²) >= 11 is 3.13. The van der Waals surface area contributed by atoms with Gasteiger partial charge in [0.15, 0.2) is 6.10 Å². The van der Waals surface area contributed by atoms with Crippen molar-refractivity contribution < 1.29 is 23.8 Å². The van der Waals surface area contributed by atoms with E-state index >= 15 is 0 Å². The lowest BCUT2D eigenvalue weighted by atomic mass is 10.2. The fourth-order valence-electron chi connectivity index (χ4n) is 1.82. The molecular formula is C12H11BrFNO4. The van der Waals surface area contributed by atoms with Crippen molar-refractivity contribution >= 4 is 33.5 Å². The largest absolute Gasteiger partial charge is 0.479 e. The summed E-state index contributed by atoms with van der Waals surface area (Å²) in [6.07, 6.45) is -1.08. The van der Waals surface area contributed by atoms with Crippen molar-refractivity contribution in [3.05, 3.63) is 28.5 Å².